The number of nitro benzene ring substituents is 1. The average molecular weight is 305 g/mol. The molecule has 0 saturated heterocycles. The van der Waals surface area contributed by atoms with Crippen molar-refractivity contribution in [1.29, 1.82) is 0 Å². The zero-order valence-corrected chi connectivity index (χ0v) is 12.6. The van der Waals surface area contributed by atoms with Gasteiger partial charge >= 0.3 is 0 Å². The second kappa shape index (κ2) is 7.20. The van der Waals surface area contributed by atoms with Gasteiger partial charge in [-0.2, -0.15) is 0 Å². The summed E-state index contributed by atoms with van der Waals surface area (Å²) < 4.78 is 0. The Morgan fingerprint density at radius 2 is 1.86 bits per heavy atom. The summed E-state index contributed by atoms with van der Waals surface area (Å²) in [6, 6.07) is 13.1. The van der Waals surface area contributed by atoms with Crippen molar-refractivity contribution < 1.29 is 4.92 Å². The van der Waals surface area contributed by atoms with Crippen molar-refractivity contribution in [3.63, 3.8) is 0 Å². The molecule has 0 heterocycles. The topological polar surface area (TPSA) is 55.2 Å². The SMILES string of the molecule is CCc1ccccc1CNCc1ccc(Cl)c([N+](=O)[O-])c1. The molecule has 0 aromatic heterocycles. The molecular weight excluding hydrogens is 288 g/mol. The molecule has 0 radical (unpaired) electrons. The van der Waals surface area contributed by atoms with Gasteiger partial charge in [0.2, 0.25) is 0 Å². The Morgan fingerprint density at radius 1 is 1.14 bits per heavy atom. The molecule has 0 saturated carbocycles. The van der Waals surface area contributed by atoms with Crippen LogP contribution in [0.3, 0.4) is 0 Å². The molecule has 0 aliphatic heterocycles. The fraction of sp³-hybridized carbons (Fsp3) is 0.250. The van der Waals surface area contributed by atoms with E-state index in [-0.39, 0.29) is 10.7 Å². The molecule has 5 heteroatoms. The van der Waals surface area contributed by atoms with Gasteiger partial charge in [-0.3, -0.25) is 10.1 Å². The zero-order chi connectivity index (χ0) is 15.2. The predicted molar refractivity (Wildman–Crippen MR) is 84.5 cm³/mol. The number of nitrogens with one attached hydrogen (secondary N) is 1. The Hall–Kier alpha value is -1.91. The molecule has 0 amide bonds. The number of hydrogen-bond donors (Lipinski definition) is 1. The Morgan fingerprint density at radius 3 is 2.52 bits per heavy atom. The summed E-state index contributed by atoms with van der Waals surface area (Å²) in [4.78, 5) is 10.4. The summed E-state index contributed by atoms with van der Waals surface area (Å²) in [7, 11) is 0. The molecule has 1 N–H and O–H groups in total. The average Bonchev–Trinajstić information content (AvgIpc) is 2.49. The molecule has 2 aromatic carbocycles. The lowest BCUT2D eigenvalue weighted by atomic mass is 10.1. The van der Waals surface area contributed by atoms with Crippen LogP contribution < -0.4 is 5.32 Å². The molecule has 110 valence electrons. The first-order valence-electron chi connectivity index (χ1n) is 6.82. The third-order valence-electron chi connectivity index (χ3n) is 3.35. The summed E-state index contributed by atoms with van der Waals surface area (Å²) in [5.74, 6) is 0. The van der Waals surface area contributed by atoms with Gasteiger partial charge in [0.25, 0.3) is 5.69 Å². The zero-order valence-electron chi connectivity index (χ0n) is 11.8. The monoisotopic (exact) mass is 304 g/mol. The van der Waals surface area contributed by atoms with Crippen molar-refractivity contribution in [2.24, 2.45) is 0 Å². The maximum atomic E-state index is 10.9. The largest absolute Gasteiger partial charge is 0.309 e. The minimum Gasteiger partial charge on any atom is -0.309 e. The Labute approximate surface area is 128 Å². The van der Waals surface area contributed by atoms with Gasteiger partial charge < -0.3 is 5.32 Å². The van der Waals surface area contributed by atoms with E-state index in [9.17, 15) is 10.1 Å². The van der Waals surface area contributed by atoms with Crippen LogP contribution in [0, 0.1) is 10.1 Å². The molecule has 0 unspecified atom stereocenters. The van der Waals surface area contributed by atoms with Crippen LogP contribution in [0.1, 0.15) is 23.6 Å². The lowest BCUT2D eigenvalue weighted by molar-refractivity contribution is -0.384. The van der Waals surface area contributed by atoms with Crippen molar-refractivity contribution in [3.8, 4) is 0 Å². The van der Waals surface area contributed by atoms with Crippen LogP contribution in [0.15, 0.2) is 42.5 Å². The van der Waals surface area contributed by atoms with E-state index in [1.54, 1.807) is 12.1 Å². The van der Waals surface area contributed by atoms with Crippen molar-refractivity contribution in [2.75, 3.05) is 0 Å². The third kappa shape index (κ3) is 4.03. The van der Waals surface area contributed by atoms with Crippen molar-refractivity contribution >= 4 is 17.3 Å². The number of hydrogen-bond acceptors (Lipinski definition) is 3. The van der Waals surface area contributed by atoms with Crippen LogP contribution in [0.2, 0.25) is 5.02 Å². The van der Waals surface area contributed by atoms with Gasteiger partial charge in [-0.25, -0.2) is 0 Å². The number of halogens is 1. The Kier molecular flexibility index (Phi) is 5.31. The second-order valence-corrected chi connectivity index (χ2v) is 5.18. The van der Waals surface area contributed by atoms with Crippen molar-refractivity contribution in [3.05, 3.63) is 74.3 Å². The highest BCUT2D eigenvalue weighted by Crippen LogP contribution is 2.25. The van der Waals surface area contributed by atoms with E-state index in [1.165, 1.54) is 17.2 Å². The number of aryl methyl sites for hydroxylation is 1. The van der Waals surface area contributed by atoms with Gasteiger partial charge in [0, 0.05) is 19.2 Å². The molecule has 2 rings (SSSR count). The van der Waals surface area contributed by atoms with Crippen LogP contribution in [0.5, 0.6) is 0 Å². The molecule has 0 spiro atoms. The lowest BCUT2D eigenvalue weighted by Crippen LogP contribution is -2.14. The first-order valence-corrected chi connectivity index (χ1v) is 7.20. The molecule has 21 heavy (non-hydrogen) atoms. The number of nitro groups is 1. The minimum atomic E-state index is -0.460. The summed E-state index contributed by atoms with van der Waals surface area (Å²) in [6.45, 7) is 3.43. The number of rotatable bonds is 6. The normalized spacial score (nSPS) is 10.6. The molecule has 0 fully saturated rings. The van der Waals surface area contributed by atoms with E-state index in [2.05, 4.69) is 24.4 Å². The van der Waals surface area contributed by atoms with E-state index < -0.39 is 4.92 Å². The first-order chi connectivity index (χ1) is 10.1. The van der Waals surface area contributed by atoms with Gasteiger partial charge in [-0.05, 0) is 29.2 Å². The standard InChI is InChI=1S/C16H17ClN2O2/c1-2-13-5-3-4-6-14(13)11-18-10-12-7-8-15(17)16(9-12)19(20)21/h3-9,18H,2,10-11H2,1H3. The van der Waals surface area contributed by atoms with Gasteiger partial charge in [0.15, 0.2) is 0 Å². The second-order valence-electron chi connectivity index (χ2n) is 4.77. The highest BCUT2D eigenvalue weighted by molar-refractivity contribution is 6.32. The van der Waals surface area contributed by atoms with Gasteiger partial charge in [-0.1, -0.05) is 48.9 Å². The van der Waals surface area contributed by atoms with Crippen LogP contribution in [-0.2, 0) is 19.5 Å². The van der Waals surface area contributed by atoms with E-state index >= 15 is 0 Å². The summed E-state index contributed by atoms with van der Waals surface area (Å²) >= 11 is 5.80. The van der Waals surface area contributed by atoms with E-state index in [4.69, 9.17) is 11.6 Å². The van der Waals surface area contributed by atoms with Crippen molar-refractivity contribution in [1.82, 2.24) is 5.32 Å². The highest BCUT2D eigenvalue weighted by atomic mass is 35.5. The third-order valence-corrected chi connectivity index (χ3v) is 3.67. The van der Waals surface area contributed by atoms with Crippen LogP contribution >= 0.6 is 11.6 Å². The van der Waals surface area contributed by atoms with Crippen LogP contribution in [-0.4, -0.2) is 4.92 Å². The van der Waals surface area contributed by atoms with E-state index in [1.807, 2.05) is 12.1 Å². The number of nitrogens with zero attached hydrogens (tertiary/aromatic N) is 1. The van der Waals surface area contributed by atoms with Gasteiger partial charge in [0.05, 0.1) is 4.92 Å². The molecule has 4 nitrogen and oxygen atoms in total. The van der Waals surface area contributed by atoms with E-state index in [0.29, 0.717) is 6.54 Å². The molecule has 0 aliphatic rings. The fourth-order valence-corrected chi connectivity index (χ4v) is 2.41. The number of benzene rings is 2. The molecule has 0 aliphatic carbocycles. The highest BCUT2D eigenvalue weighted by Gasteiger charge is 2.12. The quantitative estimate of drug-likeness (QED) is 0.645. The van der Waals surface area contributed by atoms with Crippen LogP contribution in [0.4, 0.5) is 5.69 Å². The minimum absolute atomic E-state index is 0.0510. The fourth-order valence-electron chi connectivity index (χ4n) is 2.22. The van der Waals surface area contributed by atoms with Crippen molar-refractivity contribution in [2.45, 2.75) is 26.4 Å². The summed E-state index contributed by atoms with van der Waals surface area (Å²) in [5, 5.41) is 14.3. The molecule has 0 atom stereocenters. The predicted octanol–water partition coefficient (Wildman–Crippen LogP) is 4.10. The first kappa shape index (κ1) is 15.5. The van der Waals surface area contributed by atoms with E-state index in [0.717, 1.165) is 18.5 Å². The Bertz CT molecular complexity index is 644. The molecular formula is C16H17ClN2O2. The smallest absolute Gasteiger partial charge is 0.288 e. The Balaban J connectivity index is 2.00. The van der Waals surface area contributed by atoms with Gasteiger partial charge in [-0.15, -0.1) is 0 Å². The van der Waals surface area contributed by atoms with Gasteiger partial charge in [0.1, 0.15) is 5.02 Å². The molecule has 0 bridgehead atoms. The summed E-state index contributed by atoms with van der Waals surface area (Å²) in [5.41, 5.74) is 3.36. The lowest BCUT2D eigenvalue weighted by Gasteiger charge is -2.09. The maximum absolute atomic E-state index is 10.9. The van der Waals surface area contributed by atoms with Crippen LogP contribution in [0.25, 0.3) is 0 Å². The maximum Gasteiger partial charge on any atom is 0.288 e. The summed E-state index contributed by atoms with van der Waals surface area (Å²) in [6.07, 6.45) is 0.990. The molecule has 2 aromatic rings.